The summed E-state index contributed by atoms with van der Waals surface area (Å²) in [5, 5.41) is 8.00. The van der Waals surface area contributed by atoms with Crippen molar-refractivity contribution in [2.45, 2.75) is 38.6 Å². The molecular formula is C14H24N2S. The molecular weight excluding hydrogens is 228 g/mol. The minimum absolute atomic E-state index is 0.502. The van der Waals surface area contributed by atoms with Crippen molar-refractivity contribution in [2.24, 2.45) is 0 Å². The highest BCUT2D eigenvalue weighted by Crippen LogP contribution is 2.15. The minimum Gasteiger partial charge on any atom is -0.310 e. The first-order valence-corrected chi connectivity index (χ1v) is 7.78. The molecule has 0 amide bonds. The summed E-state index contributed by atoms with van der Waals surface area (Å²) >= 11 is 1.78. The van der Waals surface area contributed by atoms with E-state index < -0.39 is 0 Å². The van der Waals surface area contributed by atoms with Gasteiger partial charge in [0.25, 0.3) is 0 Å². The predicted octanol–water partition coefficient (Wildman–Crippen LogP) is 3.27. The summed E-state index contributed by atoms with van der Waals surface area (Å²) in [6.07, 6.45) is 5.51. The molecule has 0 spiro atoms. The molecule has 0 saturated carbocycles. The number of nitrogens with one attached hydrogen (secondary N) is 1. The highest BCUT2D eigenvalue weighted by Gasteiger charge is 2.09. The fourth-order valence-electron chi connectivity index (χ4n) is 2.44. The van der Waals surface area contributed by atoms with Gasteiger partial charge in [-0.3, -0.25) is 0 Å². The van der Waals surface area contributed by atoms with E-state index in [0.717, 1.165) is 6.54 Å². The summed E-state index contributed by atoms with van der Waals surface area (Å²) in [5.41, 5.74) is 1.42. The lowest BCUT2D eigenvalue weighted by Gasteiger charge is -2.26. The molecule has 1 N–H and O–H groups in total. The summed E-state index contributed by atoms with van der Waals surface area (Å²) in [4.78, 5) is 2.61. The number of nitrogens with zero attached hydrogens (tertiary/aromatic N) is 1. The highest BCUT2D eigenvalue weighted by atomic mass is 32.1. The van der Waals surface area contributed by atoms with Gasteiger partial charge in [-0.25, -0.2) is 0 Å². The molecule has 1 fully saturated rings. The summed E-state index contributed by atoms with van der Waals surface area (Å²) in [6, 6.07) is 2.72. The molecule has 0 radical (unpaired) electrons. The SMILES string of the molecule is CC(NCCCN1CCCCC1)c1ccsc1. The molecule has 3 heteroatoms. The first-order valence-electron chi connectivity index (χ1n) is 6.84. The van der Waals surface area contributed by atoms with Crippen molar-refractivity contribution in [3.63, 3.8) is 0 Å². The van der Waals surface area contributed by atoms with Crippen LogP contribution in [-0.2, 0) is 0 Å². The van der Waals surface area contributed by atoms with E-state index in [1.165, 1.54) is 50.9 Å². The van der Waals surface area contributed by atoms with Gasteiger partial charge in [0.2, 0.25) is 0 Å². The van der Waals surface area contributed by atoms with E-state index in [1.54, 1.807) is 11.3 Å². The van der Waals surface area contributed by atoms with Crippen molar-refractivity contribution in [2.75, 3.05) is 26.2 Å². The maximum absolute atomic E-state index is 3.60. The van der Waals surface area contributed by atoms with Gasteiger partial charge in [-0.05, 0) is 74.8 Å². The summed E-state index contributed by atoms with van der Waals surface area (Å²) < 4.78 is 0. The molecule has 0 bridgehead atoms. The normalized spacial score (nSPS) is 19.4. The zero-order valence-corrected chi connectivity index (χ0v) is 11.6. The summed E-state index contributed by atoms with van der Waals surface area (Å²) in [5.74, 6) is 0. The van der Waals surface area contributed by atoms with Crippen molar-refractivity contribution in [1.29, 1.82) is 0 Å². The van der Waals surface area contributed by atoms with Gasteiger partial charge in [0, 0.05) is 6.04 Å². The first-order chi connectivity index (χ1) is 8.36. The van der Waals surface area contributed by atoms with Crippen LogP contribution in [-0.4, -0.2) is 31.1 Å². The molecule has 1 unspecified atom stereocenters. The smallest absolute Gasteiger partial charge is 0.0300 e. The zero-order valence-electron chi connectivity index (χ0n) is 10.8. The van der Waals surface area contributed by atoms with Gasteiger partial charge in [-0.1, -0.05) is 6.42 Å². The van der Waals surface area contributed by atoms with Crippen molar-refractivity contribution in [1.82, 2.24) is 10.2 Å². The summed E-state index contributed by atoms with van der Waals surface area (Å²) in [6.45, 7) is 7.29. The maximum atomic E-state index is 3.60. The molecule has 17 heavy (non-hydrogen) atoms. The van der Waals surface area contributed by atoms with E-state index in [0.29, 0.717) is 6.04 Å². The van der Waals surface area contributed by atoms with E-state index in [-0.39, 0.29) is 0 Å². The predicted molar refractivity (Wildman–Crippen MR) is 75.6 cm³/mol. The number of hydrogen-bond donors (Lipinski definition) is 1. The molecule has 0 aromatic carbocycles. The molecule has 2 rings (SSSR count). The second-order valence-corrected chi connectivity index (χ2v) is 5.77. The van der Waals surface area contributed by atoms with Crippen molar-refractivity contribution in [3.05, 3.63) is 22.4 Å². The summed E-state index contributed by atoms with van der Waals surface area (Å²) in [7, 11) is 0. The van der Waals surface area contributed by atoms with E-state index in [2.05, 4.69) is 34.0 Å². The Labute approximate surface area is 109 Å². The lowest BCUT2D eigenvalue weighted by atomic mass is 10.1. The number of likely N-dealkylation sites (tertiary alicyclic amines) is 1. The van der Waals surface area contributed by atoms with Crippen LogP contribution in [0.4, 0.5) is 0 Å². The highest BCUT2D eigenvalue weighted by molar-refractivity contribution is 7.07. The zero-order chi connectivity index (χ0) is 11.9. The quantitative estimate of drug-likeness (QED) is 0.782. The van der Waals surface area contributed by atoms with Crippen LogP contribution in [0.5, 0.6) is 0 Å². The van der Waals surface area contributed by atoms with Gasteiger partial charge in [0.05, 0.1) is 0 Å². The Bertz CT molecular complexity index is 291. The largest absolute Gasteiger partial charge is 0.310 e. The lowest BCUT2D eigenvalue weighted by Crippen LogP contribution is -2.32. The number of rotatable bonds is 6. The molecule has 1 saturated heterocycles. The number of piperidine rings is 1. The van der Waals surface area contributed by atoms with Crippen molar-refractivity contribution in [3.8, 4) is 0 Å². The molecule has 1 atom stereocenters. The van der Waals surface area contributed by atoms with Crippen molar-refractivity contribution >= 4 is 11.3 Å². The first kappa shape index (κ1) is 13.1. The fourth-order valence-corrected chi connectivity index (χ4v) is 3.20. The Morgan fingerprint density at radius 1 is 1.35 bits per heavy atom. The Morgan fingerprint density at radius 3 is 2.88 bits per heavy atom. The van der Waals surface area contributed by atoms with Gasteiger partial charge in [0.1, 0.15) is 0 Å². The van der Waals surface area contributed by atoms with Gasteiger partial charge in [-0.2, -0.15) is 11.3 Å². The molecule has 1 aliphatic heterocycles. The number of thiophene rings is 1. The van der Waals surface area contributed by atoms with Gasteiger partial charge in [-0.15, -0.1) is 0 Å². The van der Waals surface area contributed by atoms with Crippen LogP contribution in [0, 0.1) is 0 Å². The molecule has 1 aromatic heterocycles. The van der Waals surface area contributed by atoms with Crippen LogP contribution in [0.15, 0.2) is 16.8 Å². The monoisotopic (exact) mass is 252 g/mol. The Hall–Kier alpha value is -0.380. The molecule has 96 valence electrons. The van der Waals surface area contributed by atoms with E-state index in [4.69, 9.17) is 0 Å². The van der Waals surface area contributed by atoms with Crippen LogP contribution in [0.1, 0.15) is 44.2 Å². The lowest BCUT2D eigenvalue weighted by molar-refractivity contribution is 0.225. The Balaban J connectivity index is 1.56. The second kappa shape index (κ2) is 7.14. The van der Waals surface area contributed by atoms with Crippen molar-refractivity contribution < 1.29 is 0 Å². The van der Waals surface area contributed by atoms with E-state index in [1.807, 2.05) is 0 Å². The topological polar surface area (TPSA) is 15.3 Å². The molecule has 2 nitrogen and oxygen atoms in total. The van der Waals surface area contributed by atoms with Gasteiger partial charge >= 0.3 is 0 Å². The third-order valence-corrected chi connectivity index (χ3v) is 4.29. The van der Waals surface area contributed by atoms with Crippen LogP contribution < -0.4 is 5.32 Å². The number of hydrogen-bond acceptors (Lipinski definition) is 3. The van der Waals surface area contributed by atoms with Gasteiger partial charge in [0.15, 0.2) is 0 Å². The average Bonchev–Trinajstić information content (AvgIpc) is 2.89. The van der Waals surface area contributed by atoms with Crippen LogP contribution in [0.25, 0.3) is 0 Å². The molecule has 1 aromatic rings. The van der Waals surface area contributed by atoms with Crippen LogP contribution in [0.3, 0.4) is 0 Å². The third-order valence-electron chi connectivity index (χ3n) is 3.59. The maximum Gasteiger partial charge on any atom is 0.0300 e. The third kappa shape index (κ3) is 4.41. The minimum atomic E-state index is 0.502. The average molecular weight is 252 g/mol. The van der Waals surface area contributed by atoms with E-state index in [9.17, 15) is 0 Å². The molecule has 2 heterocycles. The fraction of sp³-hybridized carbons (Fsp3) is 0.714. The van der Waals surface area contributed by atoms with E-state index >= 15 is 0 Å². The molecule has 0 aliphatic carbocycles. The Kier molecular flexibility index (Phi) is 5.49. The van der Waals surface area contributed by atoms with Gasteiger partial charge < -0.3 is 10.2 Å². The second-order valence-electron chi connectivity index (χ2n) is 4.99. The van der Waals surface area contributed by atoms with Crippen LogP contribution >= 0.6 is 11.3 Å². The molecule has 1 aliphatic rings. The standard InChI is InChI=1S/C14H24N2S/c1-13(14-6-11-17-12-14)15-7-5-10-16-8-3-2-4-9-16/h6,11-13,15H,2-5,7-10H2,1H3. The van der Waals surface area contributed by atoms with Crippen LogP contribution in [0.2, 0.25) is 0 Å². The Morgan fingerprint density at radius 2 is 2.18 bits per heavy atom.